The number of benzene rings is 1. The molecule has 2 rings (SSSR count). The lowest BCUT2D eigenvalue weighted by molar-refractivity contribution is -0.122. The van der Waals surface area contributed by atoms with Gasteiger partial charge < -0.3 is 5.32 Å². The Morgan fingerprint density at radius 2 is 1.81 bits per heavy atom. The van der Waals surface area contributed by atoms with Gasteiger partial charge in [0.1, 0.15) is 0 Å². The Morgan fingerprint density at radius 3 is 2.48 bits per heavy atom. The SMILES string of the molecule is C[C@@H]1CCCC[C@H]1NC(=O)CCC(=O)c1ccc(I)cc1. The molecule has 1 amide bonds. The van der Waals surface area contributed by atoms with E-state index in [4.69, 9.17) is 0 Å². The minimum Gasteiger partial charge on any atom is -0.353 e. The molecule has 1 aliphatic carbocycles. The Kier molecular flexibility index (Phi) is 6.21. The first-order valence-electron chi connectivity index (χ1n) is 7.64. The second-order valence-corrected chi connectivity index (χ2v) is 7.11. The van der Waals surface area contributed by atoms with Crippen LogP contribution >= 0.6 is 22.6 Å². The summed E-state index contributed by atoms with van der Waals surface area (Å²) in [6, 6.07) is 7.77. The molecule has 1 aliphatic rings. The van der Waals surface area contributed by atoms with Crippen LogP contribution in [0.25, 0.3) is 0 Å². The molecule has 0 radical (unpaired) electrons. The zero-order valence-corrected chi connectivity index (χ0v) is 14.6. The predicted octanol–water partition coefficient (Wildman–Crippen LogP) is 3.95. The highest BCUT2D eigenvalue weighted by molar-refractivity contribution is 14.1. The van der Waals surface area contributed by atoms with E-state index in [1.54, 1.807) is 0 Å². The number of amides is 1. The molecule has 1 fully saturated rings. The Morgan fingerprint density at radius 1 is 1.14 bits per heavy atom. The monoisotopic (exact) mass is 399 g/mol. The molecule has 2 atom stereocenters. The van der Waals surface area contributed by atoms with Crippen molar-refractivity contribution in [2.24, 2.45) is 5.92 Å². The van der Waals surface area contributed by atoms with Crippen LogP contribution in [-0.4, -0.2) is 17.7 Å². The average Bonchev–Trinajstić information content (AvgIpc) is 2.48. The van der Waals surface area contributed by atoms with Gasteiger partial charge in [-0.3, -0.25) is 9.59 Å². The summed E-state index contributed by atoms with van der Waals surface area (Å²) in [5.41, 5.74) is 0.689. The van der Waals surface area contributed by atoms with E-state index in [1.807, 2.05) is 24.3 Å². The number of hydrogen-bond acceptors (Lipinski definition) is 2. The van der Waals surface area contributed by atoms with Crippen LogP contribution in [0, 0.1) is 9.49 Å². The Hall–Kier alpha value is -0.910. The molecular weight excluding hydrogens is 377 g/mol. The molecule has 0 saturated heterocycles. The number of rotatable bonds is 5. The number of hydrogen-bond donors (Lipinski definition) is 1. The highest BCUT2D eigenvalue weighted by atomic mass is 127. The largest absolute Gasteiger partial charge is 0.353 e. The average molecular weight is 399 g/mol. The lowest BCUT2D eigenvalue weighted by atomic mass is 9.86. The Labute approximate surface area is 140 Å². The van der Waals surface area contributed by atoms with E-state index in [1.165, 1.54) is 19.3 Å². The molecule has 3 nitrogen and oxygen atoms in total. The summed E-state index contributed by atoms with van der Waals surface area (Å²) < 4.78 is 1.10. The van der Waals surface area contributed by atoms with Gasteiger partial charge in [0.15, 0.2) is 5.78 Å². The maximum Gasteiger partial charge on any atom is 0.220 e. The van der Waals surface area contributed by atoms with Crippen LogP contribution < -0.4 is 5.32 Å². The summed E-state index contributed by atoms with van der Waals surface area (Å²) in [4.78, 5) is 24.0. The number of ketones is 1. The number of carbonyl (C=O) groups excluding carboxylic acids is 2. The van der Waals surface area contributed by atoms with E-state index in [0.717, 1.165) is 9.99 Å². The molecule has 1 aromatic rings. The van der Waals surface area contributed by atoms with Crippen LogP contribution in [0.4, 0.5) is 0 Å². The van der Waals surface area contributed by atoms with Crippen molar-refractivity contribution < 1.29 is 9.59 Å². The highest BCUT2D eigenvalue weighted by Crippen LogP contribution is 2.23. The number of nitrogens with one attached hydrogen (secondary N) is 1. The topological polar surface area (TPSA) is 46.2 Å². The van der Waals surface area contributed by atoms with Crippen LogP contribution in [-0.2, 0) is 4.79 Å². The van der Waals surface area contributed by atoms with Gasteiger partial charge in [-0.1, -0.05) is 31.9 Å². The zero-order valence-electron chi connectivity index (χ0n) is 12.4. The van der Waals surface area contributed by atoms with Crippen molar-refractivity contribution in [3.05, 3.63) is 33.4 Å². The first-order valence-corrected chi connectivity index (χ1v) is 8.72. The van der Waals surface area contributed by atoms with Crippen molar-refractivity contribution in [2.75, 3.05) is 0 Å². The summed E-state index contributed by atoms with van der Waals surface area (Å²) in [5, 5.41) is 3.09. The molecule has 1 aromatic carbocycles. The first-order chi connectivity index (χ1) is 10.1. The molecule has 0 unspecified atom stereocenters. The van der Waals surface area contributed by atoms with Gasteiger partial charge in [0, 0.05) is 28.0 Å². The summed E-state index contributed by atoms with van der Waals surface area (Å²) >= 11 is 2.21. The third-order valence-corrected chi connectivity index (χ3v) is 4.92. The van der Waals surface area contributed by atoms with Crippen LogP contribution in [0.5, 0.6) is 0 Å². The molecule has 1 N–H and O–H groups in total. The van der Waals surface area contributed by atoms with Crippen LogP contribution in [0.1, 0.15) is 55.8 Å². The van der Waals surface area contributed by atoms with E-state index < -0.39 is 0 Å². The molecule has 21 heavy (non-hydrogen) atoms. The van der Waals surface area contributed by atoms with Crippen molar-refractivity contribution in [2.45, 2.75) is 51.5 Å². The van der Waals surface area contributed by atoms with Crippen molar-refractivity contribution in [3.63, 3.8) is 0 Å². The minimum absolute atomic E-state index is 0.00705. The van der Waals surface area contributed by atoms with E-state index >= 15 is 0 Å². The van der Waals surface area contributed by atoms with Gasteiger partial charge in [-0.05, 0) is 53.5 Å². The standard InChI is InChI=1S/C17H22INO2/c1-12-4-2-3-5-15(12)19-17(21)11-10-16(20)13-6-8-14(18)9-7-13/h6-9,12,15H,2-5,10-11H2,1H3,(H,19,21)/t12-,15-/m1/s1. The number of carbonyl (C=O) groups is 2. The summed E-state index contributed by atoms with van der Waals surface area (Å²) in [6.07, 6.45) is 5.28. The zero-order chi connectivity index (χ0) is 15.2. The van der Waals surface area contributed by atoms with E-state index in [-0.39, 0.29) is 24.5 Å². The van der Waals surface area contributed by atoms with Crippen LogP contribution in [0.15, 0.2) is 24.3 Å². The van der Waals surface area contributed by atoms with Crippen molar-refractivity contribution in [1.29, 1.82) is 0 Å². The summed E-state index contributed by atoms with van der Waals surface area (Å²) in [6.45, 7) is 2.20. The van der Waals surface area contributed by atoms with Gasteiger partial charge in [0.05, 0.1) is 0 Å². The Balaban J connectivity index is 1.78. The smallest absolute Gasteiger partial charge is 0.220 e. The second-order valence-electron chi connectivity index (χ2n) is 5.87. The predicted molar refractivity (Wildman–Crippen MR) is 92.3 cm³/mol. The molecule has 0 heterocycles. The molecule has 0 aromatic heterocycles. The summed E-state index contributed by atoms with van der Waals surface area (Å²) in [7, 11) is 0. The lowest BCUT2D eigenvalue weighted by Crippen LogP contribution is -2.41. The minimum atomic E-state index is 0.00705. The van der Waals surface area contributed by atoms with Gasteiger partial charge >= 0.3 is 0 Å². The summed E-state index contributed by atoms with van der Waals surface area (Å²) in [5.74, 6) is 0.598. The molecular formula is C17H22INO2. The molecule has 1 saturated carbocycles. The quantitative estimate of drug-likeness (QED) is 0.602. The lowest BCUT2D eigenvalue weighted by Gasteiger charge is -2.29. The fourth-order valence-corrected chi connectivity index (χ4v) is 3.18. The van der Waals surface area contributed by atoms with Crippen LogP contribution in [0.2, 0.25) is 0 Å². The van der Waals surface area contributed by atoms with Gasteiger partial charge in [-0.2, -0.15) is 0 Å². The van der Waals surface area contributed by atoms with Crippen molar-refractivity contribution in [1.82, 2.24) is 5.32 Å². The molecule has 0 aliphatic heterocycles. The van der Waals surface area contributed by atoms with E-state index in [9.17, 15) is 9.59 Å². The fraction of sp³-hybridized carbons (Fsp3) is 0.529. The third-order valence-electron chi connectivity index (χ3n) is 4.20. The van der Waals surface area contributed by atoms with Gasteiger partial charge in [-0.15, -0.1) is 0 Å². The van der Waals surface area contributed by atoms with Gasteiger partial charge in [0.25, 0.3) is 0 Å². The van der Waals surface area contributed by atoms with Crippen molar-refractivity contribution in [3.8, 4) is 0 Å². The molecule has 114 valence electrons. The fourth-order valence-electron chi connectivity index (χ4n) is 2.82. The Bertz CT molecular complexity index is 498. The normalized spacial score (nSPS) is 21.8. The highest BCUT2D eigenvalue weighted by Gasteiger charge is 2.22. The van der Waals surface area contributed by atoms with E-state index in [2.05, 4.69) is 34.8 Å². The van der Waals surface area contributed by atoms with Gasteiger partial charge in [0.2, 0.25) is 5.91 Å². The third kappa shape index (κ3) is 5.09. The van der Waals surface area contributed by atoms with Gasteiger partial charge in [-0.25, -0.2) is 0 Å². The maximum atomic E-state index is 12.0. The van der Waals surface area contributed by atoms with Crippen LogP contribution in [0.3, 0.4) is 0 Å². The number of halogens is 1. The second kappa shape index (κ2) is 7.92. The van der Waals surface area contributed by atoms with E-state index in [0.29, 0.717) is 17.5 Å². The first kappa shape index (κ1) is 16.5. The number of Topliss-reactive ketones (excluding diaryl/α,β-unsaturated/α-hetero) is 1. The molecule has 0 spiro atoms. The maximum absolute atomic E-state index is 12.0. The van der Waals surface area contributed by atoms with Crippen molar-refractivity contribution >= 4 is 34.3 Å². The molecule has 0 bridgehead atoms. The molecule has 4 heteroatoms.